The third-order valence-electron chi connectivity index (χ3n) is 4.42. The van der Waals surface area contributed by atoms with Gasteiger partial charge in [-0.15, -0.1) is 4.48 Å². The van der Waals surface area contributed by atoms with E-state index in [2.05, 4.69) is 13.8 Å². The molecule has 1 heterocycles. The highest BCUT2D eigenvalue weighted by molar-refractivity contribution is 5.95. The molecule has 0 bridgehead atoms. The van der Waals surface area contributed by atoms with Crippen molar-refractivity contribution < 1.29 is 18.6 Å². The van der Waals surface area contributed by atoms with Crippen LogP contribution in [0.15, 0.2) is 11.3 Å². The summed E-state index contributed by atoms with van der Waals surface area (Å²) in [5, 5.41) is 0. The van der Waals surface area contributed by atoms with Gasteiger partial charge in [0.2, 0.25) is 0 Å². The summed E-state index contributed by atoms with van der Waals surface area (Å²) in [6, 6.07) is -0.0385. The molecule has 0 N–H and O–H groups in total. The van der Waals surface area contributed by atoms with E-state index in [0.717, 1.165) is 17.7 Å². The average Bonchev–Trinajstić information content (AvgIpc) is 2.33. The Morgan fingerprint density at radius 3 is 2.06 bits per heavy atom. The van der Waals surface area contributed by atoms with E-state index in [0.29, 0.717) is 12.5 Å². The first-order chi connectivity index (χ1) is 8.09. The number of quaternary nitrogens is 2. The second kappa shape index (κ2) is 4.59. The van der Waals surface area contributed by atoms with Crippen LogP contribution in [0.5, 0.6) is 0 Å². The van der Waals surface area contributed by atoms with Crippen molar-refractivity contribution in [3.63, 3.8) is 0 Å². The molecule has 0 aromatic heterocycles. The normalized spacial score (nSPS) is 29.7. The summed E-state index contributed by atoms with van der Waals surface area (Å²) in [7, 11) is 5.48. The summed E-state index contributed by atoms with van der Waals surface area (Å²) >= 11 is 0. The Labute approximate surface area is 110 Å². The fourth-order valence-electron chi connectivity index (χ4n) is 2.64. The van der Waals surface area contributed by atoms with E-state index in [1.807, 2.05) is 27.9 Å². The van der Waals surface area contributed by atoms with Gasteiger partial charge >= 0.3 is 11.9 Å². The van der Waals surface area contributed by atoms with E-state index >= 15 is 0 Å². The van der Waals surface area contributed by atoms with E-state index in [1.54, 1.807) is 7.05 Å². The van der Waals surface area contributed by atoms with Crippen molar-refractivity contribution in [2.24, 2.45) is 5.92 Å². The zero-order chi connectivity index (χ0) is 14.3. The van der Waals surface area contributed by atoms with Crippen LogP contribution in [0, 0.1) is 5.92 Å². The highest BCUT2D eigenvalue weighted by Crippen LogP contribution is 2.31. The van der Waals surface area contributed by atoms with Gasteiger partial charge < -0.3 is 0 Å². The Balaban J connectivity index is 3.31. The van der Waals surface area contributed by atoms with Gasteiger partial charge in [-0.1, -0.05) is 13.8 Å². The topological polar surface area (TPSA) is 34.1 Å². The number of amides is 3. The van der Waals surface area contributed by atoms with Crippen molar-refractivity contribution in [3.8, 4) is 0 Å². The summed E-state index contributed by atoms with van der Waals surface area (Å²) in [4.78, 5) is 25.2. The third kappa shape index (κ3) is 2.04. The minimum Gasteiger partial charge on any atom is -0.225 e. The van der Waals surface area contributed by atoms with Crippen LogP contribution in [0.1, 0.15) is 34.1 Å². The largest absolute Gasteiger partial charge is 0.526 e. The molecule has 4 nitrogen and oxygen atoms in total. The van der Waals surface area contributed by atoms with E-state index in [4.69, 9.17) is 0 Å². The summed E-state index contributed by atoms with van der Waals surface area (Å²) in [5.41, 5.74) is 1.58. The molecule has 0 spiro atoms. The first kappa shape index (κ1) is 15.1. The van der Waals surface area contributed by atoms with E-state index < -0.39 is 0 Å². The lowest BCUT2D eigenvalue weighted by Crippen LogP contribution is -2.68. The van der Waals surface area contributed by atoms with Gasteiger partial charge in [-0.25, -0.2) is 4.79 Å². The van der Waals surface area contributed by atoms with E-state index in [-0.39, 0.29) is 20.9 Å². The van der Waals surface area contributed by atoms with Crippen LogP contribution in [-0.2, 0) is 4.79 Å². The van der Waals surface area contributed by atoms with Gasteiger partial charge in [0.1, 0.15) is 17.8 Å². The second-order valence-corrected chi connectivity index (χ2v) is 6.14. The number of allylic oxidation sites excluding steroid dienone is 1. The molecule has 0 fully saturated rings. The number of hydrogen-bond acceptors (Lipinski definition) is 2. The maximum absolute atomic E-state index is 12.7. The molecule has 2 unspecified atom stereocenters. The van der Waals surface area contributed by atoms with Gasteiger partial charge in [-0.2, -0.15) is 9.28 Å². The molecular weight excluding hydrogens is 228 g/mol. The molecule has 3 amide bonds. The van der Waals surface area contributed by atoms with Gasteiger partial charge in [-0.3, -0.25) is 0 Å². The molecule has 0 aromatic carbocycles. The molecular formula is C14H26N2O2+2. The summed E-state index contributed by atoms with van der Waals surface area (Å²) in [5.74, 6) is 0.310. The van der Waals surface area contributed by atoms with Gasteiger partial charge in [-0.05, 0) is 13.3 Å². The smallest absolute Gasteiger partial charge is 0.225 e. The molecule has 0 aromatic rings. The van der Waals surface area contributed by atoms with Crippen LogP contribution in [0.25, 0.3) is 0 Å². The molecule has 1 rings (SSSR count). The van der Waals surface area contributed by atoms with Crippen LogP contribution in [-0.4, -0.2) is 48.6 Å². The molecule has 0 aliphatic carbocycles. The van der Waals surface area contributed by atoms with Crippen LogP contribution in [0.2, 0.25) is 0 Å². The number of imide groups is 1. The van der Waals surface area contributed by atoms with Crippen molar-refractivity contribution in [1.82, 2.24) is 0 Å². The van der Waals surface area contributed by atoms with Crippen molar-refractivity contribution >= 4 is 11.9 Å². The number of hydrogen-bond donors (Lipinski definition) is 0. The Kier molecular flexibility index (Phi) is 3.84. The zero-order valence-corrected chi connectivity index (χ0v) is 12.7. The monoisotopic (exact) mass is 254 g/mol. The predicted octanol–water partition coefficient (Wildman–Crippen LogP) is 2.51. The van der Waals surface area contributed by atoms with Crippen molar-refractivity contribution in [1.29, 1.82) is 0 Å². The molecule has 4 heteroatoms. The fraction of sp³-hybridized carbons (Fsp3) is 0.714. The Bertz CT molecular complexity index is 424. The standard InChI is InChI=1S/C14H26N2O2/c1-8-10(2)9-16(7)13(17)11(3)12(4)15(5,6)14(16)18/h10H,8-9H2,1-7H3/q+2. The highest BCUT2D eigenvalue weighted by Gasteiger charge is 2.57. The first-order valence-corrected chi connectivity index (χ1v) is 6.56. The van der Waals surface area contributed by atoms with E-state index in [9.17, 15) is 9.59 Å². The molecule has 1 aliphatic heterocycles. The molecule has 1 aliphatic rings. The third-order valence-corrected chi connectivity index (χ3v) is 4.42. The summed E-state index contributed by atoms with van der Waals surface area (Å²) in [6.07, 6.45) is 0.976. The van der Waals surface area contributed by atoms with Crippen molar-refractivity contribution in [3.05, 3.63) is 11.3 Å². The predicted molar refractivity (Wildman–Crippen MR) is 71.4 cm³/mol. The first-order valence-electron chi connectivity index (χ1n) is 6.56. The van der Waals surface area contributed by atoms with Gasteiger partial charge in [0, 0.05) is 12.8 Å². The lowest BCUT2D eigenvalue weighted by molar-refractivity contribution is -0.897. The maximum Gasteiger partial charge on any atom is 0.526 e. The minimum atomic E-state index is -0.106. The molecule has 2 atom stereocenters. The molecule has 0 radical (unpaired) electrons. The summed E-state index contributed by atoms with van der Waals surface area (Å²) in [6.45, 7) is 8.46. The second-order valence-electron chi connectivity index (χ2n) is 6.14. The molecule has 102 valence electrons. The minimum absolute atomic E-state index is 0.0385. The zero-order valence-electron chi connectivity index (χ0n) is 12.7. The Morgan fingerprint density at radius 1 is 1.11 bits per heavy atom. The average molecular weight is 254 g/mol. The van der Waals surface area contributed by atoms with Crippen molar-refractivity contribution in [2.45, 2.75) is 34.1 Å². The summed E-state index contributed by atoms with van der Waals surface area (Å²) < 4.78 is 0.0652. The fourth-order valence-corrected chi connectivity index (χ4v) is 2.64. The van der Waals surface area contributed by atoms with Crippen LogP contribution in [0.3, 0.4) is 0 Å². The number of urea groups is 1. The van der Waals surface area contributed by atoms with Gasteiger partial charge in [0.15, 0.2) is 0 Å². The van der Waals surface area contributed by atoms with Gasteiger partial charge in [0.25, 0.3) is 0 Å². The lowest BCUT2D eigenvalue weighted by atomic mass is 10.0. The van der Waals surface area contributed by atoms with Crippen molar-refractivity contribution in [2.75, 3.05) is 27.7 Å². The van der Waals surface area contributed by atoms with Gasteiger partial charge in [0.05, 0.1) is 21.1 Å². The number of carbonyl (C=O) groups excluding carboxylic acids is 2. The molecule has 0 saturated heterocycles. The molecule has 18 heavy (non-hydrogen) atoms. The van der Waals surface area contributed by atoms with Crippen LogP contribution >= 0.6 is 0 Å². The quantitative estimate of drug-likeness (QED) is 0.725. The number of carbonyl (C=O) groups is 2. The van der Waals surface area contributed by atoms with E-state index in [1.165, 1.54) is 0 Å². The Hall–Kier alpha value is -1.00. The number of likely N-dealkylation sites (N-methyl/N-ethyl adjacent to an activating group) is 1. The Morgan fingerprint density at radius 2 is 1.61 bits per heavy atom. The lowest BCUT2D eigenvalue weighted by Gasteiger charge is -2.40. The molecule has 0 saturated carbocycles. The van der Waals surface area contributed by atoms with Crippen LogP contribution in [0.4, 0.5) is 4.79 Å². The van der Waals surface area contributed by atoms with Crippen LogP contribution < -0.4 is 0 Å². The number of rotatable bonds is 3. The maximum atomic E-state index is 12.7. The highest BCUT2D eigenvalue weighted by atomic mass is 16.2. The number of nitrogens with zero attached hydrogens (tertiary/aromatic N) is 2. The SMILES string of the molecule is CCC(C)C[N+]1(C)C(=O)C(C)=C(C)[N+](C)(C)C1=O.